The number of anilines is 1. The Bertz CT molecular complexity index is 797. The quantitative estimate of drug-likeness (QED) is 0.865. The van der Waals surface area contributed by atoms with Gasteiger partial charge in [0.15, 0.2) is 0 Å². The van der Waals surface area contributed by atoms with E-state index in [2.05, 4.69) is 5.32 Å². The molecule has 26 heavy (non-hydrogen) atoms. The third-order valence-electron chi connectivity index (χ3n) is 4.43. The molecule has 1 aliphatic rings. The lowest BCUT2D eigenvalue weighted by molar-refractivity contribution is -0.118. The number of fused-ring (bicyclic) bond motifs is 1. The predicted molar refractivity (Wildman–Crippen MR) is 99.0 cm³/mol. The summed E-state index contributed by atoms with van der Waals surface area (Å²) in [5, 5.41) is 2.78. The van der Waals surface area contributed by atoms with Gasteiger partial charge in [-0.15, -0.1) is 0 Å². The maximum Gasteiger partial charge on any atom is 0.251 e. The Morgan fingerprint density at radius 1 is 1.08 bits per heavy atom. The van der Waals surface area contributed by atoms with E-state index in [0.717, 1.165) is 12.1 Å². The van der Waals surface area contributed by atoms with Gasteiger partial charge in [0.05, 0.1) is 14.2 Å². The molecular formula is C20H22N2O4. The minimum Gasteiger partial charge on any atom is -0.497 e. The molecule has 136 valence electrons. The lowest BCUT2D eigenvalue weighted by atomic mass is 10.2. The van der Waals surface area contributed by atoms with E-state index in [9.17, 15) is 9.59 Å². The molecule has 0 bridgehead atoms. The van der Waals surface area contributed by atoms with E-state index in [4.69, 9.17) is 9.47 Å². The van der Waals surface area contributed by atoms with Crippen LogP contribution >= 0.6 is 0 Å². The fourth-order valence-electron chi connectivity index (χ4n) is 3.06. The highest BCUT2D eigenvalue weighted by molar-refractivity contribution is 5.97. The summed E-state index contributed by atoms with van der Waals surface area (Å²) in [5.41, 5.74) is 2.59. The Balaban J connectivity index is 1.57. The predicted octanol–water partition coefficient (Wildman–Crippen LogP) is 2.41. The average Bonchev–Trinajstić information content (AvgIpc) is 3.11. The first-order valence-electron chi connectivity index (χ1n) is 8.52. The number of carbonyl (C=O) groups is 2. The van der Waals surface area contributed by atoms with Crippen molar-refractivity contribution in [3.8, 4) is 11.5 Å². The van der Waals surface area contributed by atoms with Gasteiger partial charge in [0.2, 0.25) is 5.91 Å². The normalized spacial score (nSPS) is 12.5. The summed E-state index contributed by atoms with van der Waals surface area (Å²) in [7, 11) is 3.06. The Hall–Kier alpha value is -3.02. The molecular weight excluding hydrogens is 332 g/mol. The molecule has 0 saturated heterocycles. The Kier molecular flexibility index (Phi) is 5.41. The molecule has 1 N–H and O–H groups in total. The standard InChI is InChI=1S/C20H22N2O4/c1-25-16-11-15(12-17(13-16)26-2)20(24)21-9-7-19(23)22-10-8-14-5-3-4-6-18(14)22/h3-6,11-13H,7-10H2,1-2H3,(H,21,24). The van der Waals surface area contributed by atoms with Crippen molar-refractivity contribution in [2.45, 2.75) is 12.8 Å². The lowest BCUT2D eigenvalue weighted by Gasteiger charge is -2.17. The Labute approximate surface area is 152 Å². The van der Waals surface area contributed by atoms with Gasteiger partial charge in [-0.1, -0.05) is 18.2 Å². The molecule has 0 aromatic heterocycles. The largest absolute Gasteiger partial charge is 0.497 e. The van der Waals surface area contributed by atoms with Crippen molar-refractivity contribution >= 4 is 17.5 Å². The molecule has 2 aromatic rings. The maximum absolute atomic E-state index is 12.5. The van der Waals surface area contributed by atoms with Crippen LogP contribution in [0.3, 0.4) is 0 Å². The Morgan fingerprint density at radius 3 is 2.46 bits per heavy atom. The van der Waals surface area contributed by atoms with Crippen molar-refractivity contribution in [3.05, 3.63) is 53.6 Å². The van der Waals surface area contributed by atoms with Crippen molar-refractivity contribution in [3.63, 3.8) is 0 Å². The molecule has 2 aromatic carbocycles. The van der Waals surface area contributed by atoms with Gasteiger partial charge in [0.25, 0.3) is 5.91 Å². The first-order chi connectivity index (χ1) is 12.6. The molecule has 0 spiro atoms. The molecule has 0 saturated carbocycles. The number of nitrogens with one attached hydrogen (secondary N) is 1. The molecule has 2 amide bonds. The molecule has 6 heteroatoms. The minimum atomic E-state index is -0.267. The SMILES string of the molecule is COc1cc(OC)cc(C(=O)NCCC(=O)N2CCc3ccccc32)c1. The summed E-state index contributed by atoms with van der Waals surface area (Å²) in [6.07, 6.45) is 1.12. The number of hydrogen-bond donors (Lipinski definition) is 1. The number of methoxy groups -OCH3 is 2. The first-order valence-corrected chi connectivity index (χ1v) is 8.52. The summed E-state index contributed by atoms with van der Waals surface area (Å²) in [5.74, 6) is 0.828. The van der Waals surface area contributed by atoms with E-state index in [1.807, 2.05) is 24.3 Å². The van der Waals surface area contributed by atoms with Gasteiger partial charge >= 0.3 is 0 Å². The number of carbonyl (C=O) groups excluding carboxylic acids is 2. The highest BCUT2D eigenvalue weighted by atomic mass is 16.5. The zero-order valence-corrected chi connectivity index (χ0v) is 15.0. The van der Waals surface area contributed by atoms with Crippen LogP contribution < -0.4 is 19.7 Å². The lowest BCUT2D eigenvalue weighted by Crippen LogP contribution is -2.33. The fourth-order valence-corrected chi connectivity index (χ4v) is 3.06. The molecule has 0 aliphatic carbocycles. The van der Waals surface area contributed by atoms with Crippen LogP contribution in [0.4, 0.5) is 5.69 Å². The average molecular weight is 354 g/mol. The van der Waals surface area contributed by atoms with E-state index < -0.39 is 0 Å². The molecule has 0 atom stereocenters. The van der Waals surface area contributed by atoms with Crippen LogP contribution in [-0.4, -0.2) is 39.1 Å². The summed E-state index contributed by atoms with van der Waals surface area (Å²) < 4.78 is 10.3. The van der Waals surface area contributed by atoms with Crippen molar-refractivity contribution in [1.82, 2.24) is 5.32 Å². The van der Waals surface area contributed by atoms with Gasteiger partial charge in [-0.05, 0) is 30.2 Å². The third-order valence-corrected chi connectivity index (χ3v) is 4.43. The van der Waals surface area contributed by atoms with Crippen LogP contribution in [0.1, 0.15) is 22.3 Å². The van der Waals surface area contributed by atoms with Crippen LogP contribution in [0.2, 0.25) is 0 Å². The second kappa shape index (κ2) is 7.91. The van der Waals surface area contributed by atoms with Crippen molar-refractivity contribution in [1.29, 1.82) is 0 Å². The monoisotopic (exact) mass is 354 g/mol. The topological polar surface area (TPSA) is 67.9 Å². The number of ether oxygens (including phenoxy) is 2. The minimum absolute atomic E-state index is 0.0125. The summed E-state index contributed by atoms with van der Waals surface area (Å²) in [6, 6.07) is 12.9. The van der Waals surface area contributed by atoms with Crippen molar-refractivity contribution in [2.24, 2.45) is 0 Å². The molecule has 1 aliphatic heterocycles. The number of rotatable bonds is 6. The molecule has 0 fully saturated rings. The van der Waals surface area contributed by atoms with Gasteiger partial charge in [-0.2, -0.15) is 0 Å². The summed E-state index contributed by atoms with van der Waals surface area (Å²) >= 11 is 0. The molecule has 0 unspecified atom stereocenters. The van der Waals surface area contributed by atoms with Gasteiger partial charge in [0, 0.05) is 36.8 Å². The zero-order chi connectivity index (χ0) is 18.5. The van der Waals surface area contributed by atoms with E-state index in [1.165, 1.54) is 19.8 Å². The second-order valence-corrected chi connectivity index (χ2v) is 6.03. The number of nitrogens with zero attached hydrogens (tertiary/aromatic N) is 1. The smallest absolute Gasteiger partial charge is 0.251 e. The van der Waals surface area contributed by atoms with E-state index in [0.29, 0.717) is 23.6 Å². The van der Waals surface area contributed by atoms with Crippen LogP contribution in [0.5, 0.6) is 11.5 Å². The van der Waals surface area contributed by atoms with Crippen molar-refractivity contribution < 1.29 is 19.1 Å². The Morgan fingerprint density at radius 2 is 1.77 bits per heavy atom. The van der Waals surface area contributed by atoms with E-state index in [1.54, 1.807) is 23.1 Å². The third kappa shape index (κ3) is 3.79. The number of amides is 2. The highest BCUT2D eigenvalue weighted by Crippen LogP contribution is 2.27. The first kappa shape index (κ1) is 17.8. The van der Waals surface area contributed by atoms with Gasteiger partial charge < -0.3 is 19.7 Å². The molecule has 1 heterocycles. The van der Waals surface area contributed by atoms with Gasteiger partial charge in [-0.25, -0.2) is 0 Å². The van der Waals surface area contributed by atoms with E-state index in [-0.39, 0.29) is 24.8 Å². The van der Waals surface area contributed by atoms with E-state index >= 15 is 0 Å². The van der Waals surface area contributed by atoms with Crippen LogP contribution in [0.15, 0.2) is 42.5 Å². The van der Waals surface area contributed by atoms with Crippen LogP contribution in [0.25, 0.3) is 0 Å². The molecule has 6 nitrogen and oxygen atoms in total. The number of hydrogen-bond acceptors (Lipinski definition) is 4. The highest BCUT2D eigenvalue weighted by Gasteiger charge is 2.23. The summed E-state index contributed by atoms with van der Waals surface area (Å²) in [6.45, 7) is 0.967. The van der Waals surface area contributed by atoms with Crippen molar-refractivity contribution in [2.75, 3.05) is 32.2 Å². The van der Waals surface area contributed by atoms with Crippen LogP contribution in [0, 0.1) is 0 Å². The number of para-hydroxylation sites is 1. The molecule has 0 radical (unpaired) electrons. The fraction of sp³-hybridized carbons (Fsp3) is 0.300. The zero-order valence-electron chi connectivity index (χ0n) is 15.0. The van der Waals surface area contributed by atoms with Gasteiger partial charge in [-0.3, -0.25) is 9.59 Å². The second-order valence-electron chi connectivity index (χ2n) is 6.03. The number of benzene rings is 2. The maximum atomic E-state index is 12.5. The van der Waals surface area contributed by atoms with Gasteiger partial charge in [0.1, 0.15) is 11.5 Å². The van der Waals surface area contributed by atoms with Crippen LogP contribution in [-0.2, 0) is 11.2 Å². The molecule has 3 rings (SSSR count). The summed E-state index contributed by atoms with van der Waals surface area (Å²) in [4.78, 5) is 26.6.